The van der Waals surface area contributed by atoms with Crippen LogP contribution in [0.1, 0.15) is 47.1 Å². The SMILES string of the molecule is Cc1cc(C(=O)Nc2c(C)cccc2C)c2cnn(C(C)C)c2n1. The van der Waals surface area contributed by atoms with Crippen LogP contribution in [0.4, 0.5) is 5.69 Å². The quantitative estimate of drug-likeness (QED) is 0.786. The number of anilines is 1. The van der Waals surface area contributed by atoms with Gasteiger partial charge in [0.25, 0.3) is 5.91 Å². The van der Waals surface area contributed by atoms with Gasteiger partial charge in [-0.2, -0.15) is 5.10 Å². The average Bonchev–Trinajstić information content (AvgIpc) is 2.93. The van der Waals surface area contributed by atoms with Gasteiger partial charge in [-0.15, -0.1) is 0 Å². The zero-order valence-corrected chi connectivity index (χ0v) is 14.7. The van der Waals surface area contributed by atoms with Crippen LogP contribution in [0.3, 0.4) is 0 Å². The number of para-hydroxylation sites is 1. The lowest BCUT2D eigenvalue weighted by atomic mass is 10.1. The maximum atomic E-state index is 12.9. The number of amides is 1. The van der Waals surface area contributed by atoms with Gasteiger partial charge >= 0.3 is 0 Å². The highest BCUT2D eigenvalue weighted by Crippen LogP contribution is 2.24. The molecule has 0 saturated heterocycles. The first-order valence-electron chi connectivity index (χ1n) is 8.11. The topological polar surface area (TPSA) is 59.8 Å². The molecule has 0 aliphatic heterocycles. The van der Waals surface area contributed by atoms with Crippen LogP contribution in [0.15, 0.2) is 30.5 Å². The number of carbonyl (C=O) groups excluding carboxylic acids is 1. The summed E-state index contributed by atoms with van der Waals surface area (Å²) in [6, 6.07) is 7.98. The first kappa shape index (κ1) is 16.2. The highest BCUT2D eigenvalue weighted by atomic mass is 16.1. The summed E-state index contributed by atoms with van der Waals surface area (Å²) >= 11 is 0. The van der Waals surface area contributed by atoms with Crippen LogP contribution in [0.2, 0.25) is 0 Å². The third kappa shape index (κ3) is 2.77. The summed E-state index contributed by atoms with van der Waals surface area (Å²) in [5.41, 5.74) is 5.10. The van der Waals surface area contributed by atoms with Gasteiger partial charge in [0.2, 0.25) is 0 Å². The lowest BCUT2D eigenvalue weighted by Gasteiger charge is -2.13. The third-order valence-electron chi connectivity index (χ3n) is 4.15. The van der Waals surface area contributed by atoms with E-state index in [0.717, 1.165) is 33.5 Å². The van der Waals surface area contributed by atoms with Crippen molar-refractivity contribution in [2.24, 2.45) is 0 Å². The molecular formula is C19H22N4O. The number of hydrogen-bond donors (Lipinski definition) is 1. The van der Waals surface area contributed by atoms with Crippen molar-refractivity contribution in [3.8, 4) is 0 Å². The van der Waals surface area contributed by atoms with E-state index in [4.69, 9.17) is 0 Å². The monoisotopic (exact) mass is 322 g/mol. The second-order valence-electron chi connectivity index (χ2n) is 6.45. The van der Waals surface area contributed by atoms with Crippen LogP contribution in [-0.4, -0.2) is 20.7 Å². The maximum absolute atomic E-state index is 12.9. The first-order chi connectivity index (χ1) is 11.4. The Bertz CT molecular complexity index is 904. The van der Waals surface area contributed by atoms with E-state index in [2.05, 4.69) is 15.4 Å². The highest BCUT2D eigenvalue weighted by molar-refractivity contribution is 6.12. The fraction of sp³-hybridized carbons (Fsp3) is 0.316. The molecule has 124 valence electrons. The molecule has 24 heavy (non-hydrogen) atoms. The fourth-order valence-electron chi connectivity index (χ4n) is 2.90. The van der Waals surface area contributed by atoms with Crippen LogP contribution in [0.25, 0.3) is 11.0 Å². The van der Waals surface area contributed by atoms with Gasteiger partial charge in [0, 0.05) is 17.4 Å². The predicted octanol–water partition coefficient (Wildman–Crippen LogP) is 4.19. The van der Waals surface area contributed by atoms with Crippen LogP contribution >= 0.6 is 0 Å². The predicted molar refractivity (Wildman–Crippen MR) is 96.5 cm³/mol. The van der Waals surface area contributed by atoms with Gasteiger partial charge in [0.15, 0.2) is 5.65 Å². The number of fused-ring (bicyclic) bond motifs is 1. The van der Waals surface area contributed by atoms with Crippen LogP contribution in [-0.2, 0) is 0 Å². The van der Waals surface area contributed by atoms with E-state index in [1.54, 1.807) is 6.20 Å². The largest absolute Gasteiger partial charge is 0.321 e. The van der Waals surface area contributed by atoms with Crippen molar-refractivity contribution in [3.05, 3.63) is 52.8 Å². The van der Waals surface area contributed by atoms with Crippen molar-refractivity contribution < 1.29 is 4.79 Å². The lowest BCUT2D eigenvalue weighted by Crippen LogP contribution is -2.15. The first-order valence-corrected chi connectivity index (χ1v) is 8.11. The van der Waals surface area contributed by atoms with Gasteiger partial charge in [0.1, 0.15) is 0 Å². The van der Waals surface area contributed by atoms with Crippen molar-refractivity contribution >= 4 is 22.6 Å². The molecule has 1 amide bonds. The second-order valence-corrected chi connectivity index (χ2v) is 6.45. The Kier molecular flexibility index (Phi) is 4.09. The van der Waals surface area contributed by atoms with Crippen LogP contribution in [0.5, 0.6) is 0 Å². The molecule has 3 rings (SSSR count). The molecule has 1 N–H and O–H groups in total. The van der Waals surface area contributed by atoms with E-state index < -0.39 is 0 Å². The van der Waals surface area contributed by atoms with E-state index in [1.165, 1.54) is 0 Å². The molecule has 2 aromatic heterocycles. The molecule has 5 heteroatoms. The van der Waals surface area contributed by atoms with Crippen molar-refractivity contribution in [1.29, 1.82) is 0 Å². The lowest BCUT2D eigenvalue weighted by molar-refractivity contribution is 0.102. The molecule has 0 spiro atoms. The molecule has 0 aliphatic carbocycles. The Morgan fingerprint density at radius 1 is 1.17 bits per heavy atom. The number of pyridine rings is 1. The molecule has 1 aromatic carbocycles. The molecular weight excluding hydrogens is 300 g/mol. The minimum atomic E-state index is -0.133. The highest BCUT2D eigenvalue weighted by Gasteiger charge is 2.18. The number of aryl methyl sites for hydroxylation is 3. The number of aromatic nitrogens is 3. The Hall–Kier alpha value is -2.69. The van der Waals surface area contributed by atoms with Crippen LogP contribution in [0, 0.1) is 20.8 Å². The minimum Gasteiger partial charge on any atom is -0.321 e. The molecule has 0 bridgehead atoms. The third-order valence-corrected chi connectivity index (χ3v) is 4.15. The van der Waals surface area contributed by atoms with Crippen LogP contribution < -0.4 is 5.32 Å². The van der Waals surface area contributed by atoms with E-state index in [1.807, 2.05) is 63.6 Å². The minimum absolute atomic E-state index is 0.133. The Morgan fingerprint density at radius 3 is 2.46 bits per heavy atom. The smallest absolute Gasteiger partial charge is 0.256 e. The molecule has 3 aromatic rings. The van der Waals surface area contributed by atoms with E-state index in [0.29, 0.717) is 5.56 Å². The summed E-state index contributed by atoms with van der Waals surface area (Å²) in [6.07, 6.45) is 1.72. The summed E-state index contributed by atoms with van der Waals surface area (Å²) in [5, 5.41) is 8.22. The molecule has 0 saturated carbocycles. The van der Waals surface area contributed by atoms with E-state index in [9.17, 15) is 4.79 Å². The number of rotatable bonds is 3. The number of hydrogen-bond acceptors (Lipinski definition) is 3. The summed E-state index contributed by atoms with van der Waals surface area (Å²) in [7, 11) is 0. The standard InChI is InChI=1S/C19H22N4O/c1-11(2)23-18-16(10-20-23)15(9-14(5)21-18)19(24)22-17-12(3)7-6-8-13(17)4/h6-11H,1-5H3,(H,22,24). The number of benzene rings is 1. The molecule has 0 fully saturated rings. The van der Waals surface area contributed by atoms with Gasteiger partial charge in [-0.3, -0.25) is 4.79 Å². The van der Waals surface area contributed by atoms with Crippen molar-refractivity contribution in [1.82, 2.24) is 14.8 Å². The summed E-state index contributed by atoms with van der Waals surface area (Å²) in [4.78, 5) is 17.5. The number of nitrogens with one attached hydrogen (secondary N) is 1. The van der Waals surface area contributed by atoms with Crippen molar-refractivity contribution in [2.45, 2.75) is 40.7 Å². The molecule has 0 unspecified atom stereocenters. The van der Waals surface area contributed by atoms with Gasteiger partial charge in [-0.1, -0.05) is 18.2 Å². The number of nitrogens with zero attached hydrogens (tertiary/aromatic N) is 3. The van der Waals surface area contributed by atoms with Gasteiger partial charge < -0.3 is 5.32 Å². The molecule has 0 aliphatic rings. The van der Waals surface area contributed by atoms with Gasteiger partial charge in [-0.25, -0.2) is 9.67 Å². The maximum Gasteiger partial charge on any atom is 0.256 e. The molecule has 0 atom stereocenters. The Morgan fingerprint density at radius 2 is 1.83 bits per heavy atom. The Labute approximate surface area is 141 Å². The average molecular weight is 322 g/mol. The Balaban J connectivity index is 2.07. The van der Waals surface area contributed by atoms with Gasteiger partial charge in [0.05, 0.1) is 17.1 Å². The molecule has 5 nitrogen and oxygen atoms in total. The van der Waals surface area contributed by atoms with E-state index in [-0.39, 0.29) is 11.9 Å². The zero-order chi connectivity index (χ0) is 17.4. The number of carbonyl (C=O) groups is 1. The van der Waals surface area contributed by atoms with Crippen molar-refractivity contribution in [2.75, 3.05) is 5.32 Å². The van der Waals surface area contributed by atoms with Gasteiger partial charge in [-0.05, 0) is 51.8 Å². The second kappa shape index (κ2) is 6.07. The zero-order valence-electron chi connectivity index (χ0n) is 14.7. The fourth-order valence-corrected chi connectivity index (χ4v) is 2.90. The summed E-state index contributed by atoms with van der Waals surface area (Å²) < 4.78 is 1.85. The molecule has 2 heterocycles. The van der Waals surface area contributed by atoms with Crippen molar-refractivity contribution in [3.63, 3.8) is 0 Å². The summed E-state index contributed by atoms with van der Waals surface area (Å²) in [6.45, 7) is 9.98. The molecule has 0 radical (unpaired) electrons. The van der Waals surface area contributed by atoms with E-state index >= 15 is 0 Å². The normalized spacial score (nSPS) is 11.2. The summed E-state index contributed by atoms with van der Waals surface area (Å²) in [5.74, 6) is -0.133.